The van der Waals surface area contributed by atoms with Gasteiger partial charge in [0.2, 0.25) is 0 Å². The Labute approximate surface area is 204 Å². The van der Waals surface area contributed by atoms with Crippen LogP contribution in [0.25, 0.3) is 6.08 Å². The number of carbonyl (C=O) groups excluding carboxylic acids is 2. The molecule has 0 aromatic carbocycles. The highest BCUT2D eigenvalue weighted by Gasteiger charge is 2.54. The minimum atomic E-state index is -1.24. The summed E-state index contributed by atoms with van der Waals surface area (Å²) in [5, 5.41) is 17.6. The summed E-state index contributed by atoms with van der Waals surface area (Å²) >= 11 is 9.74. The minimum Gasteiger partial charge on any atom is -0.477 e. The Bertz CT molecular complexity index is 1220. The Morgan fingerprint density at radius 2 is 2.21 bits per heavy atom. The average Bonchev–Trinajstić information content (AvgIpc) is 3.40. The second kappa shape index (κ2) is 9.51. The number of β-lactam (4-membered cyclic amide) rings is 1. The van der Waals surface area contributed by atoms with Gasteiger partial charge in [0.05, 0.1) is 10.4 Å². The molecule has 2 atom stereocenters. The molecule has 2 aromatic heterocycles. The van der Waals surface area contributed by atoms with Gasteiger partial charge in [-0.1, -0.05) is 22.8 Å². The van der Waals surface area contributed by atoms with E-state index in [1.807, 2.05) is 0 Å². The number of anilines is 1. The number of amides is 2. The number of hydrogen-bond acceptors (Lipinski definition) is 11. The summed E-state index contributed by atoms with van der Waals surface area (Å²) in [5.41, 5.74) is 7.58. The number of aliphatic carboxylic acids is 1. The number of nitrogen functional groups attached to an aromatic ring is 1. The van der Waals surface area contributed by atoms with Crippen molar-refractivity contribution in [2.24, 2.45) is 5.16 Å². The van der Waals surface area contributed by atoms with Crippen LogP contribution in [0.15, 0.2) is 33.4 Å². The smallest absolute Gasteiger partial charge is 0.352 e. The SMILES string of the molecule is CON=C(C(=O)NC1C(=O)N2C(C(=O)O)=C(C=Cc3scnc3Cl)CS[C@H]12)c1csc(N)n1. The number of rotatable bonds is 7. The Kier molecular flexibility index (Phi) is 6.69. The van der Waals surface area contributed by atoms with Gasteiger partial charge in [-0.2, -0.15) is 0 Å². The number of thiazole rings is 2. The summed E-state index contributed by atoms with van der Waals surface area (Å²) in [6.07, 6.45) is 3.27. The third-order valence-corrected chi connectivity index (χ3v) is 7.82. The molecule has 0 aliphatic carbocycles. The molecular weight excluding hydrogens is 512 g/mol. The molecule has 0 spiro atoms. The lowest BCUT2D eigenvalue weighted by molar-refractivity contribution is -0.150. The van der Waals surface area contributed by atoms with E-state index in [0.29, 0.717) is 21.4 Å². The fraction of sp³-hybridized carbons (Fsp3) is 0.222. The largest absolute Gasteiger partial charge is 0.477 e. The first-order chi connectivity index (χ1) is 15.8. The van der Waals surface area contributed by atoms with E-state index in [2.05, 4.69) is 20.4 Å². The molecular formula is C18H15ClN6O5S3. The van der Waals surface area contributed by atoms with Crippen LogP contribution < -0.4 is 11.1 Å². The van der Waals surface area contributed by atoms with Crippen molar-refractivity contribution in [1.29, 1.82) is 0 Å². The van der Waals surface area contributed by atoms with Crippen LogP contribution in [0.3, 0.4) is 0 Å². The third kappa shape index (κ3) is 4.46. The molecule has 172 valence electrons. The Balaban J connectivity index is 1.54. The van der Waals surface area contributed by atoms with Crippen LogP contribution in [0.4, 0.5) is 5.13 Å². The number of carboxylic acid groups (broad SMARTS) is 1. The maximum absolute atomic E-state index is 12.8. The van der Waals surface area contributed by atoms with Gasteiger partial charge >= 0.3 is 5.97 Å². The fourth-order valence-electron chi connectivity index (χ4n) is 3.20. The number of halogens is 1. The Morgan fingerprint density at radius 1 is 1.42 bits per heavy atom. The minimum absolute atomic E-state index is 0.135. The van der Waals surface area contributed by atoms with E-state index in [-0.39, 0.29) is 22.2 Å². The van der Waals surface area contributed by atoms with E-state index >= 15 is 0 Å². The maximum atomic E-state index is 12.8. The topological polar surface area (TPSA) is 160 Å². The predicted molar refractivity (Wildman–Crippen MR) is 126 cm³/mol. The quantitative estimate of drug-likeness (QED) is 0.277. The van der Waals surface area contributed by atoms with Gasteiger partial charge in [0, 0.05) is 11.1 Å². The average molecular weight is 527 g/mol. The fourth-order valence-corrected chi connectivity index (χ4v) is 5.94. The second-order valence-electron chi connectivity index (χ2n) is 6.57. The van der Waals surface area contributed by atoms with Crippen LogP contribution in [-0.2, 0) is 19.2 Å². The van der Waals surface area contributed by atoms with E-state index in [1.54, 1.807) is 17.7 Å². The zero-order valence-electron chi connectivity index (χ0n) is 16.7. The molecule has 2 amide bonds. The molecule has 4 heterocycles. The van der Waals surface area contributed by atoms with E-state index < -0.39 is 29.2 Å². The summed E-state index contributed by atoms with van der Waals surface area (Å²) in [5.74, 6) is -2.16. The van der Waals surface area contributed by atoms with Gasteiger partial charge in [0.1, 0.15) is 35.1 Å². The number of nitrogens with one attached hydrogen (secondary N) is 1. The lowest BCUT2D eigenvalue weighted by Crippen LogP contribution is -2.71. The van der Waals surface area contributed by atoms with Crippen LogP contribution in [0.5, 0.6) is 0 Å². The zero-order valence-corrected chi connectivity index (χ0v) is 19.9. The number of oxime groups is 1. The van der Waals surface area contributed by atoms with Crippen molar-refractivity contribution in [1.82, 2.24) is 20.2 Å². The molecule has 11 nitrogen and oxygen atoms in total. The van der Waals surface area contributed by atoms with Crippen LogP contribution in [0, 0.1) is 0 Å². The molecule has 1 fully saturated rings. The van der Waals surface area contributed by atoms with E-state index in [1.165, 1.54) is 40.5 Å². The number of nitrogens with two attached hydrogens (primary N) is 1. The van der Waals surface area contributed by atoms with Crippen molar-refractivity contribution in [3.05, 3.63) is 44.0 Å². The number of carbonyl (C=O) groups is 3. The summed E-state index contributed by atoms with van der Waals surface area (Å²) < 4.78 is 0. The molecule has 4 rings (SSSR count). The van der Waals surface area contributed by atoms with Gasteiger partial charge in [-0.25, -0.2) is 14.8 Å². The van der Waals surface area contributed by atoms with Crippen LogP contribution >= 0.6 is 46.0 Å². The molecule has 2 aromatic rings. The first-order valence-electron chi connectivity index (χ1n) is 9.13. The first-order valence-corrected chi connectivity index (χ1v) is 12.3. The summed E-state index contributed by atoms with van der Waals surface area (Å²) in [4.78, 5) is 52.1. The van der Waals surface area contributed by atoms with Crippen molar-refractivity contribution < 1.29 is 24.3 Å². The number of allylic oxidation sites excluding steroid dienone is 1. The maximum Gasteiger partial charge on any atom is 0.352 e. The lowest BCUT2D eigenvalue weighted by Gasteiger charge is -2.49. The monoisotopic (exact) mass is 526 g/mol. The number of fused-ring (bicyclic) bond motifs is 1. The Hall–Kier alpha value is -2.94. The number of hydrogen-bond donors (Lipinski definition) is 3. The molecule has 1 saturated heterocycles. The van der Waals surface area contributed by atoms with Gasteiger partial charge < -0.3 is 21.0 Å². The molecule has 1 unspecified atom stereocenters. The lowest BCUT2D eigenvalue weighted by atomic mass is 10.0. The van der Waals surface area contributed by atoms with Crippen LogP contribution in [0.2, 0.25) is 5.15 Å². The third-order valence-electron chi connectivity index (χ3n) is 4.63. The highest BCUT2D eigenvalue weighted by Crippen LogP contribution is 2.41. The van der Waals surface area contributed by atoms with Gasteiger partial charge in [-0.3, -0.25) is 14.5 Å². The van der Waals surface area contributed by atoms with Gasteiger partial charge in [-0.15, -0.1) is 34.4 Å². The summed E-state index contributed by atoms with van der Waals surface area (Å²) in [7, 11) is 1.27. The molecule has 2 aliphatic rings. The van der Waals surface area contributed by atoms with Crippen molar-refractivity contribution in [2.75, 3.05) is 18.6 Å². The number of nitrogens with zero attached hydrogens (tertiary/aromatic N) is 4. The van der Waals surface area contributed by atoms with Gasteiger partial charge in [0.15, 0.2) is 10.8 Å². The Morgan fingerprint density at radius 3 is 2.82 bits per heavy atom. The number of thioether (sulfide) groups is 1. The molecule has 0 radical (unpaired) electrons. The van der Waals surface area contributed by atoms with E-state index in [9.17, 15) is 19.5 Å². The molecule has 0 saturated carbocycles. The molecule has 2 aliphatic heterocycles. The van der Waals surface area contributed by atoms with Gasteiger partial charge in [0.25, 0.3) is 11.8 Å². The normalized spacial score (nSPS) is 20.6. The van der Waals surface area contributed by atoms with E-state index in [4.69, 9.17) is 22.2 Å². The predicted octanol–water partition coefficient (Wildman–Crippen LogP) is 1.64. The van der Waals surface area contributed by atoms with Crippen molar-refractivity contribution in [3.63, 3.8) is 0 Å². The standard InChI is InChI=1S/C18H15ClN6O5S3/c1-30-24-10(8-5-32-18(20)22-8)14(26)23-11-15(27)25-12(17(28)29)7(4-31-16(11)25)2-3-9-13(19)21-6-33-9/h2-3,5-6,11,16H,4H2,1H3,(H2,20,22)(H,23,26)(H,28,29)/t11?,16-/m1/s1. The highest BCUT2D eigenvalue weighted by molar-refractivity contribution is 8.00. The first kappa shape index (κ1) is 23.2. The second-order valence-corrected chi connectivity index (χ2v) is 9.81. The highest BCUT2D eigenvalue weighted by atomic mass is 35.5. The zero-order chi connectivity index (χ0) is 23.7. The van der Waals surface area contributed by atoms with E-state index in [0.717, 1.165) is 11.3 Å². The summed E-state index contributed by atoms with van der Waals surface area (Å²) in [6.45, 7) is 0. The number of aromatic nitrogens is 2. The summed E-state index contributed by atoms with van der Waals surface area (Å²) in [6, 6.07) is -0.934. The van der Waals surface area contributed by atoms with Crippen molar-refractivity contribution in [2.45, 2.75) is 11.4 Å². The van der Waals surface area contributed by atoms with Gasteiger partial charge in [-0.05, 0) is 11.6 Å². The van der Waals surface area contributed by atoms with Crippen molar-refractivity contribution in [3.8, 4) is 0 Å². The van der Waals surface area contributed by atoms with Crippen LogP contribution in [0.1, 0.15) is 10.6 Å². The molecule has 4 N–H and O–H groups in total. The molecule has 0 bridgehead atoms. The van der Waals surface area contributed by atoms with Crippen molar-refractivity contribution >= 4 is 80.7 Å². The molecule has 33 heavy (non-hydrogen) atoms. The number of carboxylic acids is 1. The van der Waals surface area contributed by atoms with Crippen LogP contribution in [-0.4, -0.2) is 67.7 Å². The molecule has 15 heteroatoms.